The number of nitrogens with zero attached hydrogens (tertiary/aromatic N) is 5. The smallest absolute Gasteiger partial charge is 0.374 e. The van der Waals surface area contributed by atoms with Gasteiger partial charge in [-0.3, -0.25) is 9.37 Å². The van der Waals surface area contributed by atoms with E-state index in [1.807, 2.05) is 6.07 Å². The summed E-state index contributed by atoms with van der Waals surface area (Å²) < 4.78 is 15.4. The van der Waals surface area contributed by atoms with Crippen LogP contribution in [0.2, 0.25) is 0 Å². The monoisotopic (exact) mass is 508 g/mol. The zero-order valence-corrected chi connectivity index (χ0v) is 21.8. The van der Waals surface area contributed by atoms with Gasteiger partial charge in [-0.1, -0.05) is 33.1 Å². The molecule has 0 bridgehead atoms. The van der Waals surface area contributed by atoms with Crippen LogP contribution in [0.15, 0.2) is 18.3 Å². The van der Waals surface area contributed by atoms with E-state index in [0.717, 1.165) is 61.3 Å². The van der Waals surface area contributed by atoms with Crippen molar-refractivity contribution >= 4 is 23.0 Å². The van der Waals surface area contributed by atoms with Crippen molar-refractivity contribution in [2.45, 2.75) is 77.7 Å². The zero-order valence-electron chi connectivity index (χ0n) is 21.8. The van der Waals surface area contributed by atoms with Crippen LogP contribution in [0.1, 0.15) is 87.3 Å². The van der Waals surface area contributed by atoms with Crippen molar-refractivity contribution in [2.75, 3.05) is 18.5 Å². The highest BCUT2D eigenvalue weighted by Gasteiger charge is 2.27. The Kier molecular flexibility index (Phi) is 7.67. The van der Waals surface area contributed by atoms with Crippen molar-refractivity contribution in [3.8, 4) is 11.5 Å². The molecule has 0 atom stereocenters. The molecule has 0 amide bonds. The number of carboxylic acid groups (broad SMARTS) is 1. The Bertz CT molecular complexity index is 1250. The predicted molar refractivity (Wildman–Crippen MR) is 141 cm³/mol. The van der Waals surface area contributed by atoms with E-state index in [4.69, 9.17) is 4.98 Å². The van der Waals surface area contributed by atoms with Crippen molar-refractivity contribution in [2.24, 2.45) is 17.8 Å². The maximum Gasteiger partial charge on any atom is 0.374 e. The summed E-state index contributed by atoms with van der Waals surface area (Å²) in [4.78, 5) is 30.1. The fourth-order valence-corrected chi connectivity index (χ4v) is 5.56. The summed E-state index contributed by atoms with van der Waals surface area (Å²) in [7, 11) is 0. The highest BCUT2D eigenvalue weighted by Crippen LogP contribution is 2.35. The van der Waals surface area contributed by atoms with Gasteiger partial charge < -0.3 is 15.0 Å². The minimum atomic E-state index is -1.18. The van der Waals surface area contributed by atoms with Crippen LogP contribution in [-0.2, 0) is 6.54 Å². The minimum Gasteiger partial charge on any atom is -0.475 e. The van der Waals surface area contributed by atoms with Crippen LogP contribution in [0.3, 0.4) is 0 Å². The number of anilines is 1. The van der Waals surface area contributed by atoms with Crippen LogP contribution in [0.25, 0.3) is 22.7 Å². The topological polar surface area (TPSA) is 106 Å². The number of pyridine rings is 1. The Morgan fingerprint density at radius 1 is 1.11 bits per heavy atom. The van der Waals surface area contributed by atoms with E-state index in [0.29, 0.717) is 35.7 Å². The van der Waals surface area contributed by atoms with E-state index < -0.39 is 5.97 Å². The van der Waals surface area contributed by atoms with Crippen molar-refractivity contribution in [3.63, 3.8) is 0 Å². The first-order chi connectivity index (χ1) is 17.9. The molecule has 0 unspecified atom stereocenters. The summed E-state index contributed by atoms with van der Waals surface area (Å²) in [6.45, 7) is 5.43. The second-order valence-electron chi connectivity index (χ2n) is 11.1. The van der Waals surface area contributed by atoms with Crippen LogP contribution in [0, 0.1) is 17.8 Å². The van der Waals surface area contributed by atoms with Gasteiger partial charge >= 0.3 is 5.97 Å². The summed E-state index contributed by atoms with van der Waals surface area (Å²) in [5.41, 5.74) is 2.97. The molecule has 37 heavy (non-hydrogen) atoms. The lowest BCUT2D eigenvalue weighted by molar-refractivity contribution is 0.0684. The fraction of sp³-hybridized carbons (Fsp3) is 0.607. The number of imidazole rings is 1. The summed E-state index contributed by atoms with van der Waals surface area (Å²) >= 11 is 0. The second-order valence-corrected chi connectivity index (χ2v) is 11.1. The van der Waals surface area contributed by atoms with Crippen molar-refractivity contribution in [3.05, 3.63) is 29.7 Å². The molecule has 3 aromatic heterocycles. The first-order valence-corrected chi connectivity index (χ1v) is 13.7. The van der Waals surface area contributed by atoms with Gasteiger partial charge in [0.25, 0.3) is 0 Å². The summed E-state index contributed by atoms with van der Waals surface area (Å²) in [6, 6.07) is 4.06. The van der Waals surface area contributed by atoms with E-state index in [2.05, 4.69) is 44.7 Å². The molecule has 0 radical (unpaired) electrons. The molecule has 3 heterocycles. The summed E-state index contributed by atoms with van der Waals surface area (Å²) in [5, 5.41) is 13.1. The molecule has 5 rings (SSSR count). The number of carboxylic acids is 1. The molecule has 2 saturated carbocycles. The zero-order chi connectivity index (χ0) is 25.9. The molecule has 198 valence electrons. The SMILES string of the molecule is CC(C)c1ccnc(-c2nc3nc(C(=O)O)nc(NCCC4CCC4)c3n2C[C@H]2CC[C@H](CF)CC2)c1. The van der Waals surface area contributed by atoms with Crippen LogP contribution in [0.4, 0.5) is 10.2 Å². The number of aromatic carboxylic acids is 1. The summed E-state index contributed by atoms with van der Waals surface area (Å²) in [6.07, 6.45) is 10.3. The standard InChI is InChI=1S/C28H37FN6O2/c1-17(2)21-11-13-30-22(14-21)27-34-25-23(35(27)16-20-8-6-19(15-29)7-9-20)24(32-26(33-25)28(36)37)31-12-10-18-4-3-5-18/h11,13-14,17-20H,3-10,12,15-16H2,1-2H3,(H,36,37)(H,31,32,33)/t19-,20-. The molecular formula is C28H37FN6O2. The molecule has 2 aliphatic rings. The first-order valence-electron chi connectivity index (χ1n) is 13.7. The van der Waals surface area contributed by atoms with Gasteiger partial charge in [-0.2, -0.15) is 0 Å². The normalized spacial score (nSPS) is 20.3. The lowest BCUT2D eigenvalue weighted by Crippen LogP contribution is -2.21. The maximum absolute atomic E-state index is 13.2. The molecule has 0 spiro atoms. The number of carbonyl (C=O) groups is 1. The quantitative estimate of drug-likeness (QED) is 0.341. The summed E-state index contributed by atoms with van der Waals surface area (Å²) in [5.74, 6) is 1.32. The molecule has 2 fully saturated rings. The first kappa shape index (κ1) is 25.5. The van der Waals surface area contributed by atoms with Crippen molar-refractivity contribution in [1.29, 1.82) is 0 Å². The van der Waals surface area contributed by atoms with E-state index in [1.165, 1.54) is 19.3 Å². The van der Waals surface area contributed by atoms with Gasteiger partial charge in [0.05, 0.1) is 6.67 Å². The molecule has 0 saturated heterocycles. The number of rotatable bonds is 10. The van der Waals surface area contributed by atoms with E-state index in [1.54, 1.807) is 6.20 Å². The fourth-order valence-electron chi connectivity index (χ4n) is 5.56. The Morgan fingerprint density at radius 2 is 1.86 bits per heavy atom. The third-order valence-corrected chi connectivity index (χ3v) is 8.17. The van der Waals surface area contributed by atoms with Crippen molar-refractivity contribution < 1.29 is 14.3 Å². The van der Waals surface area contributed by atoms with Crippen LogP contribution >= 0.6 is 0 Å². The van der Waals surface area contributed by atoms with Gasteiger partial charge in [-0.15, -0.1) is 0 Å². The third-order valence-electron chi connectivity index (χ3n) is 8.17. The molecule has 2 N–H and O–H groups in total. The number of hydrogen-bond donors (Lipinski definition) is 2. The third kappa shape index (κ3) is 5.60. The van der Waals surface area contributed by atoms with Crippen LogP contribution < -0.4 is 5.32 Å². The number of alkyl halides is 1. The Hall–Kier alpha value is -3.10. The average molecular weight is 509 g/mol. The largest absolute Gasteiger partial charge is 0.475 e. The number of aromatic nitrogens is 5. The molecule has 2 aliphatic carbocycles. The molecule has 8 nitrogen and oxygen atoms in total. The van der Waals surface area contributed by atoms with Crippen LogP contribution in [0.5, 0.6) is 0 Å². The predicted octanol–water partition coefficient (Wildman–Crippen LogP) is 6.09. The maximum atomic E-state index is 13.2. The number of hydrogen-bond acceptors (Lipinski definition) is 6. The van der Waals surface area contributed by atoms with Gasteiger partial charge in [-0.25, -0.2) is 19.7 Å². The average Bonchev–Trinajstić information content (AvgIpc) is 3.24. The van der Waals surface area contributed by atoms with Gasteiger partial charge in [-0.05, 0) is 73.5 Å². The van der Waals surface area contributed by atoms with Gasteiger partial charge in [0.15, 0.2) is 17.3 Å². The molecule has 3 aromatic rings. The number of nitrogens with one attached hydrogen (secondary N) is 1. The van der Waals surface area contributed by atoms with E-state index in [9.17, 15) is 14.3 Å². The molecule has 9 heteroatoms. The lowest BCUT2D eigenvalue weighted by Gasteiger charge is -2.28. The Balaban J connectivity index is 1.58. The van der Waals surface area contributed by atoms with E-state index in [-0.39, 0.29) is 18.4 Å². The molecule has 0 aromatic carbocycles. The minimum absolute atomic E-state index is 0.157. The van der Waals surface area contributed by atoms with Crippen LogP contribution in [-0.4, -0.2) is 48.8 Å². The highest BCUT2D eigenvalue weighted by molar-refractivity contribution is 5.92. The molecular weight excluding hydrogens is 471 g/mol. The van der Waals surface area contributed by atoms with Crippen molar-refractivity contribution in [1.82, 2.24) is 24.5 Å². The second kappa shape index (κ2) is 11.1. The van der Waals surface area contributed by atoms with E-state index >= 15 is 0 Å². The van der Waals surface area contributed by atoms with Gasteiger partial charge in [0.1, 0.15) is 11.2 Å². The van der Waals surface area contributed by atoms with Gasteiger partial charge in [0.2, 0.25) is 5.82 Å². The molecule has 0 aliphatic heterocycles. The Morgan fingerprint density at radius 3 is 2.51 bits per heavy atom. The number of fused-ring (bicyclic) bond motifs is 1. The van der Waals surface area contributed by atoms with Gasteiger partial charge in [0, 0.05) is 19.3 Å². The highest BCUT2D eigenvalue weighted by atomic mass is 19.1. The number of halogens is 1. The lowest BCUT2D eigenvalue weighted by atomic mass is 9.82. The Labute approximate surface area is 217 Å².